The van der Waals surface area contributed by atoms with E-state index in [0.717, 1.165) is 12.8 Å². The molecule has 0 aromatic rings. The summed E-state index contributed by atoms with van der Waals surface area (Å²) in [5.41, 5.74) is 0. The number of aliphatic carboxylic acids is 1. The molecule has 0 bridgehead atoms. The van der Waals surface area contributed by atoms with Gasteiger partial charge in [0.15, 0.2) is 0 Å². The Morgan fingerprint density at radius 3 is 2.64 bits per heavy atom. The van der Waals surface area contributed by atoms with E-state index in [1.54, 1.807) is 0 Å². The number of unbranched alkanes of at least 4 members (excludes halogenated alkanes) is 1. The highest BCUT2D eigenvalue weighted by molar-refractivity contribution is 9.10. The highest BCUT2D eigenvalue weighted by Gasteiger charge is 2.17. The van der Waals surface area contributed by atoms with Crippen LogP contribution >= 0.6 is 15.9 Å². The second kappa shape index (κ2) is 7.79. The SMILES string of the molecule is CCCCOC(=O)C(Br)CCC(=O)O. The lowest BCUT2D eigenvalue weighted by molar-refractivity contribution is -0.143. The summed E-state index contributed by atoms with van der Waals surface area (Å²) < 4.78 is 4.90. The quantitative estimate of drug-likeness (QED) is 0.435. The minimum Gasteiger partial charge on any atom is -0.481 e. The van der Waals surface area contributed by atoms with Gasteiger partial charge in [-0.3, -0.25) is 9.59 Å². The molecule has 0 aliphatic carbocycles. The van der Waals surface area contributed by atoms with Gasteiger partial charge in [-0.2, -0.15) is 0 Å². The fraction of sp³-hybridized carbons (Fsp3) is 0.778. The van der Waals surface area contributed by atoms with E-state index in [0.29, 0.717) is 6.61 Å². The molecule has 1 unspecified atom stereocenters. The highest BCUT2D eigenvalue weighted by Crippen LogP contribution is 2.10. The molecule has 0 fully saturated rings. The molecule has 0 spiro atoms. The minimum atomic E-state index is -0.907. The second-order valence-electron chi connectivity index (χ2n) is 2.92. The maximum atomic E-state index is 11.2. The van der Waals surface area contributed by atoms with Gasteiger partial charge in [-0.25, -0.2) is 0 Å². The number of hydrogen-bond donors (Lipinski definition) is 1. The van der Waals surface area contributed by atoms with Crippen LogP contribution in [0.15, 0.2) is 0 Å². The molecular formula is C9H15BrO4. The van der Waals surface area contributed by atoms with Gasteiger partial charge >= 0.3 is 11.9 Å². The van der Waals surface area contributed by atoms with E-state index in [2.05, 4.69) is 15.9 Å². The van der Waals surface area contributed by atoms with Crippen molar-refractivity contribution in [2.24, 2.45) is 0 Å². The molecule has 0 aromatic carbocycles. The minimum absolute atomic E-state index is 0.0290. The van der Waals surface area contributed by atoms with Gasteiger partial charge in [0.1, 0.15) is 4.83 Å². The first-order valence-electron chi connectivity index (χ1n) is 4.60. The van der Waals surface area contributed by atoms with Gasteiger partial charge in [-0.15, -0.1) is 0 Å². The number of rotatable bonds is 7. The lowest BCUT2D eigenvalue weighted by Gasteiger charge is -2.08. The smallest absolute Gasteiger partial charge is 0.319 e. The van der Waals surface area contributed by atoms with Crippen molar-refractivity contribution in [2.45, 2.75) is 37.4 Å². The van der Waals surface area contributed by atoms with Gasteiger partial charge in [-0.05, 0) is 12.8 Å². The maximum absolute atomic E-state index is 11.2. The van der Waals surface area contributed by atoms with Crippen molar-refractivity contribution in [3.63, 3.8) is 0 Å². The Balaban J connectivity index is 3.59. The monoisotopic (exact) mass is 266 g/mol. The predicted molar refractivity (Wildman–Crippen MR) is 55.5 cm³/mol. The van der Waals surface area contributed by atoms with Crippen molar-refractivity contribution >= 4 is 27.9 Å². The molecule has 0 heterocycles. The molecule has 0 aromatic heterocycles. The van der Waals surface area contributed by atoms with Crippen molar-refractivity contribution in [1.82, 2.24) is 0 Å². The molecule has 0 saturated heterocycles. The summed E-state index contributed by atoms with van der Waals surface area (Å²) in [6.45, 7) is 2.41. The lowest BCUT2D eigenvalue weighted by Crippen LogP contribution is -2.19. The highest BCUT2D eigenvalue weighted by atomic mass is 79.9. The van der Waals surface area contributed by atoms with Crippen molar-refractivity contribution < 1.29 is 19.4 Å². The molecule has 14 heavy (non-hydrogen) atoms. The molecule has 0 aliphatic heterocycles. The third-order valence-corrected chi connectivity index (χ3v) is 2.44. The molecule has 1 atom stereocenters. The normalized spacial score (nSPS) is 12.1. The Hall–Kier alpha value is -0.580. The largest absolute Gasteiger partial charge is 0.481 e. The molecule has 0 amide bonds. The van der Waals surface area contributed by atoms with Crippen LogP contribution in [0.4, 0.5) is 0 Å². The van der Waals surface area contributed by atoms with Crippen molar-refractivity contribution in [3.05, 3.63) is 0 Å². The summed E-state index contributed by atoms with van der Waals surface area (Å²) in [6.07, 6.45) is 2.04. The van der Waals surface area contributed by atoms with Gasteiger partial charge in [-0.1, -0.05) is 29.3 Å². The number of esters is 1. The average molecular weight is 267 g/mol. The van der Waals surface area contributed by atoms with Crippen LogP contribution in [0.2, 0.25) is 0 Å². The van der Waals surface area contributed by atoms with Gasteiger partial charge in [0, 0.05) is 6.42 Å². The zero-order valence-corrected chi connectivity index (χ0v) is 9.75. The van der Waals surface area contributed by atoms with Gasteiger partial charge in [0.2, 0.25) is 0 Å². The topological polar surface area (TPSA) is 63.6 Å². The number of halogens is 1. The summed E-state index contributed by atoms with van der Waals surface area (Å²) in [5.74, 6) is -1.28. The molecule has 4 nitrogen and oxygen atoms in total. The van der Waals surface area contributed by atoms with E-state index in [4.69, 9.17) is 9.84 Å². The van der Waals surface area contributed by atoms with Crippen molar-refractivity contribution in [1.29, 1.82) is 0 Å². The number of carboxylic acids is 1. The van der Waals surface area contributed by atoms with E-state index in [1.807, 2.05) is 6.92 Å². The molecule has 1 N–H and O–H groups in total. The van der Waals surface area contributed by atoms with Crippen molar-refractivity contribution in [3.8, 4) is 0 Å². The molecule has 0 rings (SSSR count). The van der Waals surface area contributed by atoms with Gasteiger partial charge in [0.25, 0.3) is 0 Å². The maximum Gasteiger partial charge on any atom is 0.319 e. The van der Waals surface area contributed by atoms with Crippen molar-refractivity contribution in [2.75, 3.05) is 6.61 Å². The fourth-order valence-corrected chi connectivity index (χ4v) is 1.14. The lowest BCUT2D eigenvalue weighted by atomic mass is 10.2. The number of carbonyl (C=O) groups excluding carboxylic acids is 1. The Morgan fingerprint density at radius 1 is 1.50 bits per heavy atom. The number of hydrogen-bond acceptors (Lipinski definition) is 3. The molecule has 0 radical (unpaired) electrons. The van der Waals surface area contributed by atoms with E-state index in [9.17, 15) is 9.59 Å². The molecule has 0 saturated carbocycles. The Labute approximate surface area is 91.8 Å². The molecule has 82 valence electrons. The number of carbonyl (C=O) groups is 2. The van der Waals surface area contributed by atoms with E-state index < -0.39 is 10.8 Å². The van der Waals surface area contributed by atoms with Gasteiger partial charge in [0.05, 0.1) is 6.61 Å². The van der Waals surface area contributed by atoms with Crippen LogP contribution in [0, 0.1) is 0 Å². The predicted octanol–water partition coefficient (Wildman–Crippen LogP) is 1.96. The Kier molecular flexibility index (Phi) is 7.47. The molecule has 5 heteroatoms. The molecule has 0 aliphatic rings. The van der Waals surface area contributed by atoms with Gasteiger partial charge < -0.3 is 9.84 Å². The van der Waals surface area contributed by atoms with Crippen LogP contribution in [0.1, 0.15) is 32.6 Å². The Bertz CT molecular complexity index is 193. The summed E-state index contributed by atoms with van der Waals surface area (Å²) in [6, 6.07) is 0. The summed E-state index contributed by atoms with van der Waals surface area (Å²) in [7, 11) is 0. The van der Waals surface area contributed by atoms with Crippen LogP contribution in [-0.4, -0.2) is 28.5 Å². The first-order chi connectivity index (χ1) is 6.57. The zero-order chi connectivity index (χ0) is 11.0. The summed E-state index contributed by atoms with van der Waals surface area (Å²) in [4.78, 5) is 20.9. The van der Waals surface area contributed by atoms with Crippen LogP contribution in [0.5, 0.6) is 0 Å². The average Bonchev–Trinajstić information content (AvgIpc) is 2.14. The molecular weight excluding hydrogens is 252 g/mol. The van der Waals surface area contributed by atoms with Crippen LogP contribution < -0.4 is 0 Å². The van der Waals surface area contributed by atoms with E-state index in [-0.39, 0.29) is 18.8 Å². The first-order valence-corrected chi connectivity index (χ1v) is 5.52. The number of carboxylic acid groups (broad SMARTS) is 1. The fourth-order valence-electron chi connectivity index (χ4n) is 0.776. The van der Waals surface area contributed by atoms with E-state index >= 15 is 0 Å². The van der Waals surface area contributed by atoms with Crippen LogP contribution in [0.3, 0.4) is 0 Å². The zero-order valence-electron chi connectivity index (χ0n) is 8.16. The number of ether oxygens (including phenoxy) is 1. The summed E-state index contributed by atoms with van der Waals surface area (Å²) >= 11 is 3.09. The van der Waals surface area contributed by atoms with E-state index in [1.165, 1.54) is 0 Å². The first kappa shape index (κ1) is 13.4. The van der Waals surface area contributed by atoms with Crippen LogP contribution in [0.25, 0.3) is 0 Å². The van der Waals surface area contributed by atoms with Crippen LogP contribution in [-0.2, 0) is 14.3 Å². The third kappa shape index (κ3) is 6.88. The Morgan fingerprint density at radius 2 is 2.14 bits per heavy atom. The summed E-state index contributed by atoms with van der Waals surface area (Å²) in [5, 5.41) is 8.39. The third-order valence-electron chi connectivity index (χ3n) is 1.61. The number of alkyl halides is 1. The standard InChI is InChI=1S/C9H15BrO4/c1-2-3-6-14-9(13)7(10)4-5-8(11)12/h7H,2-6H2,1H3,(H,11,12). The second-order valence-corrected chi connectivity index (χ2v) is 4.03.